The van der Waals surface area contributed by atoms with Gasteiger partial charge in [0.15, 0.2) is 0 Å². The minimum atomic E-state index is -0.659. The van der Waals surface area contributed by atoms with Crippen LogP contribution in [0.4, 0.5) is 0 Å². The van der Waals surface area contributed by atoms with Gasteiger partial charge in [0.2, 0.25) is 23.4 Å². The van der Waals surface area contributed by atoms with E-state index >= 15 is 0 Å². The van der Waals surface area contributed by atoms with Crippen molar-refractivity contribution in [1.82, 2.24) is 10.2 Å². The Balaban J connectivity index is 1.42. The Kier molecular flexibility index (Phi) is 5.74. The SMILES string of the molecule is Cc1cc(C)cc(C(=O)C(=O)CCc2ccc3c(c2)CN(C2CCC(=O)NC2=O)C3=O)c1. The van der Waals surface area contributed by atoms with E-state index in [1.807, 2.05) is 26.0 Å². The molecule has 1 atom stereocenters. The number of fused-ring (bicyclic) bond motifs is 1. The molecule has 2 aliphatic rings. The molecule has 0 aliphatic carbocycles. The largest absolute Gasteiger partial charge is 0.322 e. The van der Waals surface area contributed by atoms with Crippen LogP contribution in [0, 0.1) is 13.8 Å². The molecule has 1 N–H and O–H groups in total. The van der Waals surface area contributed by atoms with Gasteiger partial charge in [-0.2, -0.15) is 0 Å². The molecule has 7 heteroatoms. The number of piperidine rings is 1. The molecule has 32 heavy (non-hydrogen) atoms. The molecular weight excluding hydrogens is 408 g/mol. The Morgan fingerprint density at radius 2 is 1.75 bits per heavy atom. The molecule has 2 aromatic carbocycles. The first-order valence-corrected chi connectivity index (χ1v) is 10.6. The summed E-state index contributed by atoms with van der Waals surface area (Å²) in [7, 11) is 0. The van der Waals surface area contributed by atoms with Crippen molar-refractivity contribution < 1.29 is 24.0 Å². The van der Waals surface area contributed by atoms with Crippen LogP contribution in [-0.2, 0) is 27.3 Å². The molecule has 3 amide bonds. The molecule has 1 saturated heterocycles. The fourth-order valence-electron chi connectivity index (χ4n) is 4.42. The molecule has 0 bridgehead atoms. The zero-order valence-electron chi connectivity index (χ0n) is 18.1. The summed E-state index contributed by atoms with van der Waals surface area (Å²) in [6, 6.07) is 10.1. The second-order valence-corrected chi connectivity index (χ2v) is 8.52. The quantitative estimate of drug-likeness (QED) is 0.429. The topological polar surface area (TPSA) is 101 Å². The van der Waals surface area contributed by atoms with Crippen LogP contribution in [0.2, 0.25) is 0 Å². The number of hydrogen-bond donors (Lipinski definition) is 1. The Bertz CT molecular complexity index is 1150. The van der Waals surface area contributed by atoms with Crippen molar-refractivity contribution in [3.63, 3.8) is 0 Å². The number of hydrogen-bond acceptors (Lipinski definition) is 5. The van der Waals surface area contributed by atoms with Gasteiger partial charge in [-0.15, -0.1) is 0 Å². The van der Waals surface area contributed by atoms with Crippen LogP contribution in [0.5, 0.6) is 0 Å². The van der Waals surface area contributed by atoms with Crippen LogP contribution < -0.4 is 5.32 Å². The van der Waals surface area contributed by atoms with E-state index in [2.05, 4.69) is 5.32 Å². The van der Waals surface area contributed by atoms with Crippen molar-refractivity contribution in [2.24, 2.45) is 0 Å². The third-order valence-corrected chi connectivity index (χ3v) is 5.97. The fourth-order valence-corrected chi connectivity index (χ4v) is 4.42. The van der Waals surface area contributed by atoms with Gasteiger partial charge in [0.25, 0.3) is 5.91 Å². The average molecular weight is 432 g/mol. The van der Waals surface area contributed by atoms with Crippen LogP contribution in [0.15, 0.2) is 36.4 Å². The predicted molar refractivity (Wildman–Crippen MR) is 116 cm³/mol. The van der Waals surface area contributed by atoms with E-state index in [1.165, 1.54) is 4.90 Å². The zero-order valence-corrected chi connectivity index (χ0v) is 18.1. The smallest absolute Gasteiger partial charge is 0.255 e. The molecule has 1 fully saturated rings. The lowest BCUT2D eigenvalue weighted by molar-refractivity contribution is -0.136. The van der Waals surface area contributed by atoms with Crippen molar-refractivity contribution in [2.45, 2.75) is 52.1 Å². The van der Waals surface area contributed by atoms with E-state index in [1.54, 1.807) is 24.3 Å². The average Bonchev–Trinajstić information content (AvgIpc) is 3.06. The van der Waals surface area contributed by atoms with Gasteiger partial charge in [0, 0.05) is 30.5 Å². The molecular formula is C25H24N2O5. The molecule has 1 unspecified atom stereocenters. The van der Waals surface area contributed by atoms with E-state index < -0.39 is 23.5 Å². The van der Waals surface area contributed by atoms with Gasteiger partial charge in [0.05, 0.1) is 0 Å². The predicted octanol–water partition coefficient (Wildman–Crippen LogP) is 2.45. The first-order chi connectivity index (χ1) is 15.2. The number of rotatable bonds is 6. The van der Waals surface area contributed by atoms with Gasteiger partial charge in [0.1, 0.15) is 6.04 Å². The molecule has 164 valence electrons. The molecule has 2 aromatic rings. The molecule has 7 nitrogen and oxygen atoms in total. The van der Waals surface area contributed by atoms with Crippen LogP contribution in [0.1, 0.15) is 62.2 Å². The number of imide groups is 1. The third kappa shape index (κ3) is 4.23. The van der Waals surface area contributed by atoms with Gasteiger partial charge in [-0.1, -0.05) is 29.3 Å². The van der Waals surface area contributed by atoms with E-state index in [0.29, 0.717) is 24.0 Å². The van der Waals surface area contributed by atoms with Crippen LogP contribution in [-0.4, -0.2) is 40.2 Å². The lowest BCUT2D eigenvalue weighted by atomic mass is 9.97. The van der Waals surface area contributed by atoms with E-state index in [-0.39, 0.29) is 31.2 Å². The van der Waals surface area contributed by atoms with Crippen LogP contribution >= 0.6 is 0 Å². The number of nitrogens with one attached hydrogen (secondary N) is 1. The Labute approximate surface area is 185 Å². The molecule has 0 aromatic heterocycles. The maximum Gasteiger partial charge on any atom is 0.255 e. The third-order valence-electron chi connectivity index (χ3n) is 5.97. The molecule has 2 aliphatic heterocycles. The number of aryl methyl sites for hydroxylation is 3. The molecule has 0 radical (unpaired) electrons. The van der Waals surface area contributed by atoms with E-state index in [4.69, 9.17) is 0 Å². The lowest BCUT2D eigenvalue weighted by Crippen LogP contribution is -2.52. The summed E-state index contributed by atoms with van der Waals surface area (Å²) in [5.74, 6) is -1.94. The highest BCUT2D eigenvalue weighted by Gasteiger charge is 2.39. The molecule has 0 saturated carbocycles. The standard InChI is InChI=1S/C25H24N2O5/c1-14-9-15(2)11-17(10-14)23(30)21(28)7-4-16-3-5-19-18(12-16)13-27(25(19)32)20-6-8-22(29)26-24(20)31/h3,5,9-12,20H,4,6-8,13H2,1-2H3,(H,26,29,31). The fraction of sp³-hybridized carbons (Fsp3) is 0.320. The van der Waals surface area contributed by atoms with Crippen molar-refractivity contribution in [3.05, 3.63) is 69.8 Å². The highest BCUT2D eigenvalue weighted by molar-refractivity contribution is 6.43. The highest BCUT2D eigenvalue weighted by atomic mass is 16.2. The Morgan fingerprint density at radius 1 is 1.03 bits per heavy atom. The normalized spacial score (nSPS) is 17.9. The molecule has 4 rings (SSSR count). The Hall–Kier alpha value is -3.61. The van der Waals surface area contributed by atoms with Crippen LogP contribution in [0.3, 0.4) is 0 Å². The number of amides is 3. The number of benzene rings is 2. The maximum absolute atomic E-state index is 12.8. The molecule has 2 heterocycles. The van der Waals surface area contributed by atoms with Gasteiger partial charge < -0.3 is 4.90 Å². The summed E-state index contributed by atoms with van der Waals surface area (Å²) >= 11 is 0. The second-order valence-electron chi connectivity index (χ2n) is 8.52. The first-order valence-electron chi connectivity index (χ1n) is 10.6. The Morgan fingerprint density at radius 3 is 2.44 bits per heavy atom. The van der Waals surface area contributed by atoms with Crippen LogP contribution in [0.25, 0.3) is 0 Å². The monoisotopic (exact) mass is 432 g/mol. The first kappa shape index (κ1) is 21.6. The van der Waals surface area contributed by atoms with Crippen molar-refractivity contribution in [2.75, 3.05) is 0 Å². The van der Waals surface area contributed by atoms with Gasteiger partial charge in [-0.05, 0) is 56.0 Å². The summed E-state index contributed by atoms with van der Waals surface area (Å²) in [5.41, 5.74) is 4.44. The van der Waals surface area contributed by atoms with E-state index in [9.17, 15) is 24.0 Å². The zero-order chi connectivity index (χ0) is 23.0. The maximum atomic E-state index is 12.8. The second kappa shape index (κ2) is 8.49. The van der Waals surface area contributed by atoms with Crippen molar-refractivity contribution in [3.8, 4) is 0 Å². The number of nitrogens with zero attached hydrogens (tertiary/aromatic N) is 1. The van der Waals surface area contributed by atoms with Crippen molar-refractivity contribution in [1.29, 1.82) is 0 Å². The lowest BCUT2D eigenvalue weighted by Gasteiger charge is -2.29. The minimum Gasteiger partial charge on any atom is -0.322 e. The van der Waals surface area contributed by atoms with E-state index in [0.717, 1.165) is 22.3 Å². The van der Waals surface area contributed by atoms with Gasteiger partial charge in [-0.25, -0.2) is 0 Å². The van der Waals surface area contributed by atoms with Gasteiger partial charge >= 0.3 is 0 Å². The van der Waals surface area contributed by atoms with Gasteiger partial charge in [-0.3, -0.25) is 29.3 Å². The summed E-state index contributed by atoms with van der Waals surface area (Å²) in [5, 5.41) is 2.29. The number of carbonyl (C=O) groups is 5. The number of Topliss-reactive ketones (excluding diaryl/α,β-unsaturated/α-hetero) is 2. The van der Waals surface area contributed by atoms with Crippen molar-refractivity contribution >= 4 is 29.3 Å². The number of carbonyl (C=O) groups excluding carboxylic acids is 5. The summed E-state index contributed by atoms with van der Waals surface area (Å²) in [4.78, 5) is 62.8. The highest BCUT2D eigenvalue weighted by Crippen LogP contribution is 2.28. The molecule has 0 spiro atoms. The summed E-state index contributed by atoms with van der Waals surface area (Å²) in [6.07, 6.45) is 0.982. The summed E-state index contributed by atoms with van der Waals surface area (Å²) in [6.45, 7) is 4.06. The minimum absolute atomic E-state index is 0.0788. The summed E-state index contributed by atoms with van der Waals surface area (Å²) < 4.78 is 0. The number of ketones is 2.